The molecule has 0 fully saturated rings. The highest BCUT2D eigenvalue weighted by molar-refractivity contribution is 6.46. The number of methoxy groups -OCH3 is 1. The van der Waals surface area contributed by atoms with E-state index in [1.165, 1.54) is 4.90 Å². The Bertz CT molecular complexity index is 1210. The first-order chi connectivity index (χ1) is 16.0. The minimum Gasteiger partial charge on any atom is -0.497 e. The third-order valence-electron chi connectivity index (χ3n) is 5.30. The molecule has 2 amide bonds. The molecule has 3 aromatic carbocycles. The summed E-state index contributed by atoms with van der Waals surface area (Å²) in [7, 11) is 1.58. The van der Waals surface area contributed by atoms with Gasteiger partial charge in [-0.1, -0.05) is 37.3 Å². The van der Waals surface area contributed by atoms with E-state index in [-0.39, 0.29) is 11.6 Å². The molecule has 1 heterocycles. The molecule has 6 nitrogen and oxygen atoms in total. The van der Waals surface area contributed by atoms with Crippen LogP contribution in [-0.2, 0) is 9.59 Å². The molecule has 0 aromatic heterocycles. The van der Waals surface area contributed by atoms with Gasteiger partial charge in [-0.2, -0.15) is 0 Å². The van der Waals surface area contributed by atoms with Gasteiger partial charge in [0.2, 0.25) is 0 Å². The Morgan fingerprint density at radius 1 is 0.879 bits per heavy atom. The molecular formula is C27H26N2O4. The summed E-state index contributed by atoms with van der Waals surface area (Å²) in [6.45, 7) is 4.56. The van der Waals surface area contributed by atoms with Gasteiger partial charge in [-0.15, -0.1) is 0 Å². The quantitative estimate of drug-likeness (QED) is 0.487. The molecular weight excluding hydrogens is 416 g/mol. The van der Waals surface area contributed by atoms with E-state index in [0.29, 0.717) is 40.6 Å². The van der Waals surface area contributed by atoms with Crippen LogP contribution < -0.4 is 19.7 Å². The van der Waals surface area contributed by atoms with E-state index in [2.05, 4.69) is 5.32 Å². The van der Waals surface area contributed by atoms with Crippen molar-refractivity contribution in [2.45, 2.75) is 20.3 Å². The van der Waals surface area contributed by atoms with Gasteiger partial charge in [0.1, 0.15) is 17.2 Å². The van der Waals surface area contributed by atoms with Crippen LogP contribution in [0.2, 0.25) is 0 Å². The molecule has 3 aromatic rings. The van der Waals surface area contributed by atoms with E-state index in [9.17, 15) is 9.59 Å². The number of amides is 2. The van der Waals surface area contributed by atoms with Crippen molar-refractivity contribution in [1.29, 1.82) is 0 Å². The molecule has 1 N–H and O–H groups in total. The summed E-state index contributed by atoms with van der Waals surface area (Å²) < 4.78 is 11.0. The van der Waals surface area contributed by atoms with E-state index in [4.69, 9.17) is 9.47 Å². The minimum atomic E-state index is -0.406. The van der Waals surface area contributed by atoms with Crippen molar-refractivity contribution < 1.29 is 19.1 Å². The van der Waals surface area contributed by atoms with Crippen molar-refractivity contribution in [2.24, 2.45) is 0 Å². The van der Waals surface area contributed by atoms with Crippen molar-refractivity contribution in [3.05, 3.63) is 89.6 Å². The monoisotopic (exact) mass is 442 g/mol. The normalized spacial score (nSPS) is 13.5. The molecule has 33 heavy (non-hydrogen) atoms. The van der Waals surface area contributed by atoms with Crippen molar-refractivity contribution in [3.63, 3.8) is 0 Å². The van der Waals surface area contributed by atoms with Crippen LogP contribution in [0.1, 0.15) is 24.5 Å². The maximum Gasteiger partial charge on any atom is 0.282 e. The highest BCUT2D eigenvalue weighted by atomic mass is 16.5. The molecule has 1 aliphatic heterocycles. The van der Waals surface area contributed by atoms with Gasteiger partial charge in [0.25, 0.3) is 11.8 Å². The lowest BCUT2D eigenvalue weighted by Crippen LogP contribution is -2.32. The molecule has 0 saturated carbocycles. The van der Waals surface area contributed by atoms with Crippen LogP contribution in [0.15, 0.2) is 78.5 Å². The zero-order valence-corrected chi connectivity index (χ0v) is 18.9. The fourth-order valence-electron chi connectivity index (χ4n) is 3.70. The van der Waals surface area contributed by atoms with Gasteiger partial charge >= 0.3 is 0 Å². The van der Waals surface area contributed by atoms with E-state index in [1.54, 1.807) is 37.4 Å². The van der Waals surface area contributed by atoms with E-state index >= 15 is 0 Å². The van der Waals surface area contributed by atoms with Crippen molar-refractivity contribution in [3.8, 4) is 11.5 Å². The van der Waals surface area contributed by atoms with Crippen LogP contribution in [0.3, 0.4) is 0 Å². The van der Waals surface area contributed by atoms with Crippen molar-refractivity contribution >= 4 is 28.8 Å². The third kappa shape index (κ3) is 4.60. The van der Waals surface area contributed by atoms with Gasteiger partial charge in [0.05, 0.1) is 25.0 Å². The fourth-order valence-corrected chi connectivity index (χ4v) is 3.70. The van der Waals surface area contributed by atoms with Crippen LogP contribution in [0.5, 0.6) is 11.5 Å². The SMILES string of the molecule is CCCOc1cccc(NC2=C(c3ccc(OC)cc3)C(=O)N(c3cccc(C)c3)C2=O)c1. The molecule has 0 spiro atoms. The van der Waals surface area contributed by atoms with E-state index in [1.807, 2.05) is 56.3 Å². The Labute approximate surface area is 193 Å². The highest BCUT2D eigenvalue weighted by Crippen LogP contribution is 2.35. The largest absolute Gasteiger partial charge is 0.497 e. The second kappa shape index (κ2) is 9.61. The summed E-state index contributed by atoms with van der Waals surface area (Å²) in [6.07, 6.45) is 0.892. The van der Waals surface area contributed by atoms with E-state index in [0.717, 1.165) is 12.0 Å². The third-order valence-corrected chi connectivity index (χ3v) is 5.30. The first-order valence-electron chi connectivity index (χ1n) is 10.9. The molecule has 1 aliphatic rings. The van der Waals surface area contributed by atoms with Gasteiger partial charge in [0.15, 0.2) is 0 Å². The number of hydrogen-bond donors (Lipinski definition) is 1. The number of imide groups is 1. The van der Waals surface area contributed by atoms with Crippen LogP contribution in [0, 0.1) is 6.92 Å². The number of benzene rings is 3. The molecule has 0 atom stereocenters. The van der Waals surface area contributed by atoms with Gasteiger partial charge in [-0.3, -0.25) is 9.59 Å². The Morgan fingerprint density at radius 3 is 2.33 bits per heavy atom. The predicted octanol–water partition coefficient (Wildman–Crippen LogP) is 5.19. The summed E-state index contributed by atoms with van der Waals surface area (Å²) >= 11 is 0. The first kappa shape index (κ1) is 22.1. The molecule has 168 valence electrons. The zero-order chi connectivity index (χ0) is 23.4. The lowest BCUT2D eigenvalue weighted by molar-refractivity contribution is -0.120. The summed E-state index contributed by atoms with van der Waals surface area (Å²) in [5.74, 6) is 0.579. The van der Waals surface area contributed by atoms with Crippen LogP contribution in [0.4, 0.5) is 11.4 Å². The Hall–Kier alpha value is -4.06. The number of nitrogens with one attached hydrogen (secondary N) is 1. The number of carbonyl (C=O) groups is 2. The topological polar surface area (TPSA) is 67.9 Å². The lowest BCUT2D eigenvalue weighted by atomic mass is 10.0. The number of anilines is 2. The van der Waals surface area contributed by atoms with E-state index < -0.39 is 5.91 Å². The predicted molar refractivity (Wildman–Crippen MR) is 129 cm³/mol. The maximum absolute atomic E-state index is 13.5. The molecule has 6 heteroatoms. The summed E-state index contributed by atoms with van der Waals surface area (Å²) in [4.78, 5) is 28.3. The highest BCUT2D eigenvalue weighted by Gasteiger charge is 2.40. The number of aryl methyl sites for hydroxylation is 1. The van der Waals surface area contributed by atoms with Gasteiger partial charge in [-0.25, -0.2) is 4.90 Å². The summed E-state index contributed by atoms with van der Waals surface area (Å²) in [5.41, 5.74) is 3.32. The Kier molecular flexibility index (Phi) is 6.45. The van der Waals surface area contributed by atoms with Gasteiger partial charge in [-0.05, 0) is 60.9 Å². The van der Waals surface area contributed by atoms with Gasteiger partial charge < -0.3 is 14.8 Å². The average molecular weight is 443 g/mol. The van der Waals surface area contributed by atoms with Crippen molar-refractivity contribution in [2.75, 3.05) is 23.9 Å². The number of carbonyl (C=O) groups excluding carboxylic acids is 2. The van der Waals surface area contributed by atoms with Crippen LogP contribution >= 0.6 is 0 Å². The summed E-state index contributed by atoms with van der Waals surface area (Å²) in [6, 6.07) is 21.8. The molecule has 4 rings (SSSR count). The number of ether oxygens (including phenoxy) is 2. The summed E-state index contributed by atoms with van der Waals surface area (Å²) in [5, 5.41) is 3.19. The lowest BCUT2D eigenvalue weighted by Gasteiger charge is -2.16. The first-order valence-corrected chi connectivity index (χ1v) is 10.9. The van der Waals surface area contributed by atoms with Gasteiger partial charge in [0, 0.05) is 11.8 Å². The number of nitrogens with zero attached hydrogens (tertiary/aromatic N) is 1. The second-order valence-corrected chi connectivity index (χ2v) is 7.76. The molecule has 0 radical (unpaired) electrons. The average Bonchev–Trinajstić information content (AvgIpc) is 3.07. The maximum atomic E-state index is 13.5. The van der Waals surface area contributed by atoms with Crippen LogP contribution in [-0.4, -0.2) is 25.5 Å². The van der Waals surface area contributed by atoms with Crippen molar-refractivity contribution in [1.82, 2.24) is 0 Å². The Morgan fingerprint density at radius 2 is 1.64 bits per heavy atom. The smallest absolute Gasteiger partial charge is 0.282 e. The molecule has 0 saturated heterocycles. The number of hydrogen-bond acceptors (Lipinski definition) is 5. The standard InChI is InChI=1S/C27H26N2O4/c1-4-15-33-23-10-6-8-20(17-23)28-25-24(19-11-13-22(32-3)14-12-19)26(30)29(27(25)31)21-9-5-7-18(2)16-21/h5-14,16-17,28H,4,15H2,1-3H3. The molecule has 0 unspecified atom stereocenters. The Balaban J connectivity index is 1.76. The molecule has 0 bridgehead atoms. The number of rotatable bonds is 8. The second-order valence-electron chi connectivity index (χ2n) is 7.76. The fraction of sp³-hybridized carbons (Fsp3) is 0.185. The minimum absolute atomic E-state index is 0.222. The zero-order valence-electron chi connectivity index (χ0n) is 18.9. The molecule has 0 aliphatic carbocycles. The van der Waals surface area contributed by atoms with Crippen LogP contribution in [0.25, 0.3) is 5.57 Å².